The normalized spacial score (nSPS) is 13.2. The fourth-order valence-corrected chi connectivity index (χ4v) is 2.69. The number of carbonyl (C=O) groups excluding carboxylic acids is 2. The van der Waals surface area contributed by atoms with Gasteiger partial charge in [-0.25, -0.2) is 4.39 Å². The Kier molecular flexibility index (Phi) is 6.75. The Bertz CT molecular complexity index is 778. The highest BCUT2D eigenvalue weighted by molar-refractivity contribution is 6.30. The maximum Gasteiger partial charge on any atom is 0.251 e. The van der Waals surface area contributed by atoms with E-state index >= 15 is 0 Å². The fourth-order valence-electron chi connectivity index (χ4n) is 2.57. The minimum atomic E-state index is -0.743. The monoisotopic (exact) mass is 376 g/mol. The van der Waals surface area contributed by atoms with Crippen LogP contribution in [0.2, 0.25) is 5.02 Å². The molecule has 26 heavy (non-hydrogen) atoms. The van der Waals surface area contributed by atoms with Crippen LogP contribution < -0.4 is 10.6 Å². The Morgan fingerprint density at radius 1 is 0.962 bits per heavy atom. The van der Waals surface area contributed by atoms with Gasteiger partial charge in [0.25, 0.3) is 5.91 Å². The summed E-state index contributed by atoms with van der Waals surface area (Å²) in [5, 5.41) is 6.03. The average molecular weight is 377 g/mol. The lowest BCUT2D eigenvalue weighted by molar-refractivity contribution is -0.124. The van der Waals surface area contributed by atoms with Gasteiger partial charge in [-0.2, -0.15) is 0 Å². The highest BCUT2D eigenvalue weighted by atomic mass is 35.5. The molecule has 138 valence electrons. The summed E-state index contributed by atoms with van der Waals surface area (Å²) in [4.78, 5) is 25.0. The van der Waals surface area contributed by atoms with Gasteiger partial charge in [-0.05, 0) is 43.2 Å². The van der Waals surface area contributed by atoms with Gasteiger partial charge in [0.1, 0.15) is 11.9 Å². The Morgan fingerprint density at radius 3 is 2.15 bits per heavy atom. The molecule has 0 heterocycles. The molecule has 6 heteroatoms. The first-order valence-electron chi connectivity index (χ1n) is 8.41. The van der Waals surface area contributed by atoms with E-state index in [1.165, 1.54) is 6.07 Å². The maximum atomic E-state index is 13.9. The second-order valence-electron chi connectivity index (χ2n) is 6.45. The summed E-state index contributed by atoms with van der Waals surface area (Å²) in [5.74, 6) is -1.25. The molecule has 2 N–H and O–H groups in total. The number of nitrogens with one attached hydrogen (secondary N) is 2. The molecule has 2 aromatic rings. The van der Waals surface area contributed by atoms with Crippen LogP contribution in [-0.2, 0) is 4.79 Å². The van der Waals surface area contributed by atoms with E-state index < -0.39 is 12.1 Å². The van der Waals surface area contributed by atoms with Crippen molar-refractivity contribution in [2.45, 2.75) is 32.9 Å². The lowest BCUT2D eigenvalue weighted by Gasteiger charge is -2.24. The zero-order chi connectivity index (χ0) is 19.3. The van der Waals surface area contributed by atoms with E-state index in [1.54, 1.807) is 49.4 Å². The Labute approximate surface area is 157 Å². The maximum absolute atomic E-state index is 13.9. The van der Waals surface area contributed by atoms with Gasteiger partial charge in [0.05, 0.1) is 6.04 Å². The largest absolute Gasteiger partial charge is 0.348 e. The summed E-state index contributed by atoms with van der Waals surface area (Å²) < 4.78 is 13.9. The summed E-state index contributed by atoms with van der Waals surface area (Å²) in [6.45, 7) is 5.37. The first-order valence-corrected chi connectivity index (χ1v) is 8.78. The number of benzene rings is 2. The third kappa shape index (κ3) is 5.05. The van der Waals surface area contributed by atoms with E-state index in [1.807, 2.05) is 13.8 Å². The van der Waals surface area contributed by atoms with Crippen LogP contribution in [0.3, 0.4) is 0 Å². The Morgan fingerprint density at radius 2 is 1.58 bits per heavy atom. The van der Waals surface area contributed by atoms with E-state index in [-0.39, 0.29) is 23.5 Å². The Balaban J connectivity index is 2.08. The van der Waals surface area contributed by atoms with Crippen molar-refractivity contribution in [1.82, 2.24) is 10.6 Å². The second-order valence-corrected chi connectivity index (χ2v) is 6.89. The van der Waals surface area contributed by atoms with Gasteiger partial charge in [0, 0.05) is 16.1 Å². The molecule has 0 radical (unpaired) electrons. The van der Waals surface area contributed by atoms with Crippen LogP contribution in [0.1, 0.15) is 42.7 Å². The third-order valence-corrected chi connectivity index (χ3v) is 4.32. The van der Waals surface area contributed by atoms with Gasteiger partial charge < -0.3 is 10.6 Å². The molecule has 0 aliphatic carbocycles. The molecule has 0 aliphatic heterocycles. The summed E-state index contributed by atoms with van der Waals surface area (Å²) in [6.07, 6.45) is 0. The van der Waals surface area contributed by atoms with Gasteiger partial charge in [-0.15, -0.1) is 0 Å². The molecule has 1 unspecified atom stereocenters. The minimum absolute atomic E-state index is 0.140. The molecule has 0 saturated carbocycles. The SMILES string of the molecule is CC(NC(=O)[C@@H](NC(=O)c1ccc(Cl)cc1)C(C)C)c1ccccc1F. The highest BCUT2D eigenvalue weighted by Gasteiger charge is 2.26. The van der Waals surface area contributed by atoms with E-state index in [4.69, 9.17) is 11.6 Å². The average Bonchev–Trinajstić information content (AvgIpc) is 2.59. The number of hydrogen-bond donors (Lipinski definition) is 2. The number of amides is 2. The van der Waals surface area contributed by atoms with Crippen molar-refractivity contribution in [3.63, 3.8) is 0 Å². The molecule has 4 nitrogen and oxygen atoms in total. The van der Waals surface area contributed by atoms with E-state index in [0.717, 1.165) is 0 Å². The first-order chi connectivity index (χ1) is 12.3. The van der Waals surface area contributed by atoms with Crippen molar-refractivity contribution in [2.24, 2.45) is 5.92 Å². The van der Waals surface area contributed by atoms with Crippen molar-refractivity contribution in [1.29, 1.82) is 0 Å². The fraction of sp³-hybridized carbons (Fsp3) is 0.300. The third-order valence-electron chi connectivity index (χ3n) is 4.07. The van der Waals surface area contributed by atoms with Gasteiger partial charge in [0.15, 0.2) is 0 Å². The van der Waals surface area contributed by atoms with E-state index in [2.05, 4.69) is 10.6 Å². The molecular weight excluding hydrogens is 355 g/mol. The molecular formula is C20H22ClFN2O2. The van der Waals surface area contributed by atoms with Crippen LogP contribution in [0.15, 0.2) is 48.5 Å². The number of halogens is 2. The van der Waals surface area contributed by atoms with Crippen LogP contribution >= 0.6 is 11.6 Å². The summed E-state index contributed by atoms with van der Waals surface area (Å²) in [7, 11) is 0. The molecule has 2 atom stereocenters. The van der Waals surface area contributed by atoms with Crippen molar-refractivity contribution < 1.29 is 14.0 Å². The van der Waals surface area contributed by atoms with Crippen molar-refractivity contribution >= 4 is 23.4 Å². The summed E-state index contributed by atoms with van der Waals surface area (Å²) >= 11 is 5.82. The zero-order valence-electron chi connectivity index (χ0n) is 14.9. The number of hydrogen-bond acceptors (Lipinski definition) is 2. The highest BCUT2D eigenvalue weighted by Crippen LogP contribution is 2.17. The molecule has 0 saturated heterocycles. The molecule has 0 aliphatic rings. The molecule has 0 spiro atoms. The number of carbonyl (C=O) groups is 2. The van der Waals surface area contributed by atoms with Crippen LogP contribution in [0.4, 0.5) is 4.39 Å². The van der Waals surface area contributed by atoms with Gasteiger partial charge >= 0.3 is 0 Å². The van der Waals surface area contributed by atoms with Gasteiger partial charge in [0.2, 0.25) is 5.91 Å². The molecule has 0 bridgehead atoms. The van der Waals surface area contributed by atoms with Crippen LogP contribution in [0.25, 0.3) is 0 Å². The molecule has 2 rings (SSSR count). The standard InChI is InChI=1S/C20H22ClFN2O2/c1-12(2)18(24-19(25)14-8-10-15(21)11-9-14)20(26)23-13(3)16-6-4-5-7-17(16)22/h4-13,18H,1-3H3,(H,23,26)(H,24,25)/t13?,18-/m0/s1. The van der Waals surface area contributed by atoms with Crippen molar-refractivity contribution in [3.8, 4) is 0 Å². The quantitative estimate of drug-likeness (QED) is 0.797. The van der Waals surface area contributed by atoms with E-state index in [0.29, 0.717) is 16.1 Å². The minimum Gasteiger partial charge on any atom is -0.348 e. The van der Waals surface area contributed by atoms with Gasteiger partial charge in [-0.3, -0.25) is 9.59 Å². The predicted molar refractivity (Wildman–Crippen MR) is 101 cm³/mol. The zero-order valence-corrected chi connectivity index (χ0v) is 15.7. The predicted octanol–water partition coefficient (Wildman–Crippen LogP) is 4.11. The van der Waals surface area contributed by atoms with Crippen LogP contribution in [0, 0.1) is 11.7 Å². The number of rotatable bonds is 6. The van der Waals surface area contributed by atoms with Crippen LogP contribution in [-0.4, -0.2) is 17.9 Å². The molecule has 2 amide bonds. The Hall–Kier alpha value is -2.40. The lowest BCUT2D eigenvalue weighted by atomic mass is 10.0. The van der Waals surface area contributed by atoms with Crippen LogP contribution in [0.5, 0.6) is 0 Å². The molecule has 0 aromatic heterocycles. The molecule has 2 aromatic carbocycles. The van der Waals surface area contributed by atoms with Gasteiger partial charge in [-0.1, -0.05) is 43.6 Å². The molecule has 0 fully saturated rings. The van der Waals surface area contributed by atoms with E-state index in [9.17, 15) is 14.0 Å². The second kappa shape index (κ2) is 8.81. The summed E-state index contributed by atoms with van der Waals surface area (Å²) in [5.41, 5.74) is 0.808. The lowest BCUT2D eigenvalue weighted by Crippen LogP contribution is -2.50. The van der Waals surface area contributed by atoms with Crippen molar-refractivity contribution in [3.05, 3.63) is 70.5 Å². The topological polar surface area (TPSA) is 58.2 Å². The first kappa shape index (κ1) is 19.9. The smallest absolute Gasteiger partial charge is 0.251 e. The van der Waals surface area contributed by atoms with Crippen molar-refractivity contribution in [2.75, 3.05) is 0 Å². The summed E-state index contributed by atoms with van der Waals surface area (Å²) in [6, 6.07) is 11.4.